The first-order valence-corrected chi connectivity index (χ1v) is 9.60. The summed E-state index contributed by atoms with van der Waals surface area (Å²) >= 11 is 0. The molecule has 0 amide bonds. The van der Waals surface area contributed by atoms with E-state index in [4.69, 9.17) is 9.15 Å². The normalized spacial score (nSPS) is 11.1. The van der Waals surface area contributed by atoms with E-state index in [1.165, 1.54) is 37.4 Å². The Labute approximate surface area is 180 Å². The summed E-state index contributed by atoms with van der Waals surface area (Å²) in [6.45, 7) is 0. The van der Waals surface area contributed by atoms with E-state index in [1.54, 1.807) is 0 Å². The molecule has 7 nitrogen and oxygen atoms in total. The molecule has 5 rings (SSSR count). The molecule has 0 unspecified atom stereocenters. The second kappa shape index (κ2) is 7.66. The smallest absolute Gasteiger partial charge is 0.378 e. The maximum absolute atomic E-state index is 13.5. The quantitative estimate of drug-likeness (QED) is 0.239. The molecule has 0 N–H and O–H groups in total. The summed E-state index contributed by atoms with van der Waals surface area (Å²) in [6.07, 6.45) is 0. The third kappa shape index (κ3) is 3.27. The summed E-state index contributed by atoms with van der Waals surface area (Å²) in [5, 5.41) is 10.4. The zero-order valence-electron chi connectivity index (χ0n) is 16.7. The molecule has 0 saturated heterocycles. The highest BCUT2D eigenvalue weighted by Crippen LogP contribution is 2.35. The molecular weight excluding hydrogens is 413 g/mol. The first-order chi connectivity index (χ1) is 15.5. The van der Waals surface area contributed by atoms with Crippen molar-refractivity contribution < 1.29 is 18.3 Å². The van der Waals surface area contributed by atoms with Gasteiger partial charge in [-0.2, -0.15) is 0 Å². The molecule has 2 heterocycles. The minimum Gasteiger partial charge on any atom is -0.463 e. The lowest BCUT2D eigenvalue weighted by Crippen LogP contribution is -2.11. The number of nitrogens with zero attached hydrogens (tertiary/aromatic N) is 3. The van der Waals surface area contributed by atoms with E-state index in [0.717, 1.165) is 10.8 Å². The predicted molar refractivity (Wildman–Crippen MR) is 116 cm³/mol. The first-order valence-electron chi connectivity index (χ1n) is 9.60. The average molecular weight is 427 g/mol. The van der Waals surface area contributed by atoms with Crippen LogP contribution in [0.25, 0.3) is 44.3 Å². The van der Waals surface area contributed by atoms with Crippen molar-refractivity contribution in [2.24, 2.45) is 0 Å². The van der Waals surface area contributed by atoms with Gasteiger partial charge in [-0.15, -0.1) is 10.2 Å². The first kappa shape index (κ1) is 19.5. The Hall–Kier alpha value is -4.46. The molecule has 8 heteroatoms. The van der Waals surface area contributed by atoms with Gasteiger partial charge in [0.15, 0.2) is 0 Å². The van der Waals surface area contributed by atoms with E-state index in [-0.39, 0.29) is 17.2 Å². The Kier molecular flexibility index (Phi) is 4.67. The van der Waals surface area contributed by atoms with Gasteiger partial charge in [0, 0.05) is 28.0 Å². The fourth-order valence-electron chi connectivity index (χ4n) is 3.58. The molecule has 0 aliphatic carbocycles. The van der Waals surface area contributed by atoms with Crippen LogP contribution in [0.2, 0.25) is 0 Å². The number of benzene rings is 3. The van der Waals surface area contributed by atoms with Crippen molar-refractivity contribution >= 4 is 27.7 Å². The lowest BCUT2D eigenvalue weighted by molar-refractivity contribution is 0.0585. The molecule has 3 aromatic carbocycles. The molecule has 0 aliphatic heterocycles. The van der Waals surface area contributed by atoms with Crippen LogP contribution in [0.1, 0.15) is 10.6 Å². The van der Waals surface area contributed by atoms with E-state index in [2.05, 4.69) is 15.2 Å². The SMILES string of the molecule is COC(=O)c1nnc(-c2cc(=O)oc3c2ccc2ccccc23)c(-c2ccc(F)cc2)n1. The number of ether oxygens (including phenoxy) is 1. The van der Waals surface area contributed by atoms with E-state index in [0.29, 0.717) is 22.1 Å². The summed E-state index contributed by atoms with van der Waals surface area (Å²) in [7, 11) is 1.21. The fraction of sp³-hybridized carbons (Fsp3) is 0.0417. The summed E-state index contributed by atoms with van der Waals surface area (Å²) in [4.78, 5) is 28.8. The van der Waals surface area contributed by atoms with Crippen LogP contribution in [0.4, 0.5) is 4.39 Å². The zero-order chi connectivity index (χ0) is 22.2. The molecule has 32 heavy (non-hydrogen) atoms. The molecule has 0 saturated carbocycles. The standard InChI is InChI=1S/C24H14FN3O4/c1-31-24(30)23-26-20(14-6-9-15(25)10-7-14)21(27-28-23)18-12-19(29)32-22-16-5-3-2-4-13(16)8-11-17(18)22/h2-12H,1H3. The van der Waals surface area contributed by atoms with Crippen molar-refractivity contribution in [2.45, 2.75) is 0 Å². The molecule has 156 valence electrons. The van der Waals surface area contributed by atoms with Crippen molar-refractivity contribution in [3.8, 4) is 22.5 Å². The van der Waals surface area contributed by atoms with Crippen molar-refractivity contribution in [3.63, 3.8) is 0 Å². The van der Waals surface area contributed by atoms with Gasteiger partial charge in [-0.25, -0.2) is 19.0 Å². The van der Waals surface area contributed by atoms with Crippen molar-refractivity contribution in [2.75, 3.05) is 7.11 Å². The van der Waals surface area contributed by atoms with Crippen LogP contribution in [-0.2, 0) is 4.74 Å². The number of hydrogen-bond acceptors (Lipinski definition) is 7. The Morgan fingerprint density at radius 3 is 2.50 bits per heavy atom. The second-order valence-corrected chi connectivity index (χ2v) is 6.97. The summed E-state index contributed by atoms with van der Waals surface area (Å²) in [5.74, 6) is -1.45. The Bertz CT molecular complexity index is 1560. The third-order valence-corrected chi connectivity index (χ3v) is 5.06. The number of carbonyl (C=O) groups is 1. The van der Waals surface area contributed by atoms with Gasteiger partial charge in [0.25, 0.3) is 5.82 Å². The Balaban J connectivity index is 1.85. The van der Waals surface area contributed by atoms with Crippen molar-refractivity contribution in [1.82, 2.24) is 15.2 Å². The zero-order valence-corrected chi connectivity index (χ0v) is 16.7. The highest BCUT2D eigenvalue weighted by Gasteiger charge is 2.21. The highest BCUT2D eigenvalue weighted by atomic mass is 19.1. The molecule has 0 atom stereocenters. The summed E-state index contributed by atoms with van der Waals surface area (Å²) in [5.41, 5.74) is 1.24. The topological polar surface area (TPSA) is 95.2 Å². The van der Waals surface area contributed by atoms with Crippen molar-refractivity contribution in [3.05, 3.63) is 88.8 Å². The maximum atomic E-state index is 13.5. The van der Waals surface area contributed by atoms with Gasteiger partial charge in [0.1, 0.15) is 22.8 Å². The Morgan fingerprint density at radius 1 is 0.938 bits per heavy atom. The van der Waals surface area contributed by atoms with Gasteiger partial charge in [0.05, 0.1) is 7.11 Å². The molecule has 0 radical (unpaired) electrons. The fourth-order valence-corrected chi connectivity index (χ4v) is 3.58. The van der Waals surface area contributed by atoms with Gasteiger partial charge in [-0.05, 0) is 35.7 Å². The van der Waals surface area contributed by atoms with E-state index in [9.17, 15) is 14.0 Å². The highest BCUT2D eigenvalue weighted by molar-refractivity contribution is 6.09. The number of hydrogen-bond donors (Lipinski definition) is 0. The van der Waals surface area contributed by atoms with Crippen LogP contribution in [0, 0.1) is 5.82 Å². The van der Waals surface area contributed by atoms with Gasteiger partial charge in [0.2, 0.25) is 0 Å². The van der Waals surface area contributed by atoms with Gasteiger partial charge >= 0.3 is 11.6 Å². The lowest BCUT2D eigenvalue weighted by Gasteiger charge is -2.11. The van der Waals surface area contributed by atoms with E-state index in [1.807, 2.05) is 36.4 Å². The largest absolute Gasteiger partial charge is 0.463 e. The molecule has 0 bridgehead atoms. The number of methoxy groups -OCH3 is 1. The Morgan fingerprint density at radius 2 is 1.72 bits per heavy atom. The van der Waals surface area contributed by atoms with Crippen molar-refractivity contribution in [1.29, 1.82) is 0 Å². The van der Waals surface area contributed by atoms with Crippen LogP contribution in [0.15, 0.2) is 75.9 Å². The van der Waals surface area contributed by atoms with Gasteiger partial charge in [-0.3, -0.25) is 0 Å². The molecular formula is C24H14FN3O4. The number of esters is 1. The second-order valence-electron chi connectivity index (χ2n) is 6.97. The number of carbonyl (C=O) groups excluding carboxylic acids is 1. The monoisotopic (exact) mass is 427 g/mol. The molecule has 0 spiro atoms. The number of aromatic nitrogens is 3. The van der Waals surface area contributed by atoms with Crippen LogP contribution >= 0.6 is 0 Å². The predicted octanol–water partition coefficient (Wildman–Crippen LogP) is 4.39. The summed E-state index contributed by atoms with van der Waals surface area (Å²) < 4.78 is 23.8. The average Bonchev–Trinajstić information content (AvgIpc) is 2.83. The van der Waals surface area contributed by atoms with E-state index < -0.39 is 17.4 Å². The number of halogens is 1. The van der Waals surface area contributed by atoms with Gasteiger partial charge < -0.3 is 9.15 Å². The third-order valence-electron chi connectivity index (χ3n) is 5.06. The minimum atomic E-state index is -0.768. The van der Waals surface area contributed by atoms with Crippen LogP contribution in [0.5, 0.6) is 0 Å². The van der Waals surface area contributed by atoms with Crippen LogP contribution in [0.3, 0.4) is 0 Å². The van der Waals surface area contributed by atoms with Crippen LogP contribution in [-0.4, -0.2) is 28.3 Å². The molecule has 0 fully saturated rings. The van der Waals surface area contributed by atoms with Gasteiger partial charge in [-0.1, -0.05) is 30.3 Å². The summed E-state index contributed by atoms with van der Waals surface area (Å²) in [6, 6.07) is 18.1. The minimum absolute atomic E-state index is 0.248. The van der Waals surface area contributed by atoms with Crippen LogP contribution < -0.4 is 5.63 Å². The maximum Gasteiger partial charge on any atom is 0.378 e. The molecule has 5 aromatic rings. The number of fused-ring (bicyclic) bond motifs is 3. The van der Waals surface area contributed by atoms with E-state index >= 15 is 0 Å². The lowest BCUT2D eigenvalue weighted by atomic mass is 9.99. The molecule has 0 aliphatic rings. The number of rotatable bonds is 3. The molecule has 2 aromatic heterocycles.